The highest BCUT2D eigenvalue weighted by atomic mass is 32.1. The lowest BCUT2D eigenvalue weighted by Gasteiger charge is -2.24. The Morgan fingerprint density at radius 1 is 1.33 bits per heavy atom. The Hall–Kier alpha value is -1.53. The molecule has 3 aromatic rings. The number of aromatic amines is 1. The van der Waals surface area contributed by atoms with Crippen molar-refractivity contribution in [1.82, 2.24) is 9.55 Å². The first kappa shape index (κ1) is 14.4. The van der Waals surface area contributed by atoms with E-state index >= 15 is 0 Å². The van der Waals surface area contributed by atoms with Crippen molar-refractivity contribution in [3.05, 3.63) is 50.9 Å². The molecule has 0 amide bonds. The minimum atomic E-state index is -0.622. The van der Waals surface area contributed by atoms with Crippen LogP contribution < -0.4 is 0 Å². The number of nitrogens with one attached hydrogen (secondary N) is 1. The lowest BCUT2D eigenvalue weighted by molar-refractivity contribution is 0.446. The lowest BCUT2D eigenvalue weighted by atomic mass is 9.91. The van der Waals surface area contributed by atoms with Crippen molar-refractivity contribution in [1.29, 1.82) is 0 Å². The third-order valence-electron chi connectivity index (χ3n) is 3.54. The molecule has 0 fully saturated rings. The molecule has 0 unspecified atom stereocenters. The van der Waals surface area contributed by atoms with Crippen molar-refractivity contribution in [2.45, 2.75) is 25.8 Å². The Balaban J connectivity index is 2.13. The molecular weight excluding hydrogens is 310 g/mol. The lowest BCUT2D eigenvalue weighted by Crippen LogP contribution is -2.23. The molecule has 110 valence electrons. The van der Waals surface area contributed by atoms with Gasteiger partial charge in [-0.05, 0) is 29.7 Å². The standard InChI is InChI=1S/C15H14F2N2S2/c1-15(2,12-4-3-5-21-12)8-19-11-7-9(16)6-10(17)13(11)18-14(19)20/h3-7H,8H2,1-2H3,(H,18,20). The Labute approximate surface area is 130 Å². The van der Waals surface area contributed by atoms with E-state index in [-0.39, 0.29) is 10.9 Å². The van der Waals surface area contributed by atoms with E-state index in [9.17, 15) is 8.78 Å². The third-order valence-corrected chi connectivity index (χ3v) is 5.10. The summed E-state index contributed by atoms with van der Waals surface area (Å²) >= 11 is 6.94. The van der Waals surface area contributed by atoms with Crippen LogP contribution in [-0.4, -0.2) is 9.55 Å². The summed E-state index contributed by atoms with van der Waals surface area (Å²) in [4.78, 5) is 4.03. The number of H-pyrrole nitrogens is 1. The monoisotopic (exact) mass is 324 g/mol. The van der Waals surface area contributed by atoms with E-state index in [1.54, 1.807) is 15.9 Å². The molecule has 0 radical (unpaired) electrons. The molecule has 0 saturated heterocycles. The number of fused-ring (bicyclic) bond motifs is 1. The predicted octanol–water partition coefficient (Wildman–Crippen LogP) is 5.02. The van der Waals surface area contributed by atoms with Crippen LogP contribution in [0.2, 0.25) is 0 Å². The van der Waals surface area contributed by atoms with E-state index in [2.05, 4.69) is 24.9 Å². The average Bonchev–Trinajstić information content (AvgIpc) is 3.01. The van der Waals surface area contributed by atoms with Crippen LogP contribution in [-0.2, 0) is 12.0 Å². The van der Waals surface area contributed by atoms with Crippen LogP contribution in [0.4, 0.5) is 8.78 Å². The van der Waals surface area contributed by atoms with Crippen molar-refractivity contribution in [2.75, 3.05) is 0 Å². The van der Waals surface area contributed by atoms with Gasteiger partial charge in [0, 0.05) is 22.9 Å². The Morgan fingerprint density at radius 2 is 2.10 bits per heavy atom. The van der Waals surface area contributed by atoms with E-state index in [0.717, 1.165) is 6.07 Å². The zero-order valence-electron chi connectivity index (χ0n) is 11.6. The van der Waals surface area contributed by atoms with Gasteiger partial charge in [0.1, 0.15) is 11.3 Å². The number of halogens is 2. The van der Waals surface area contributed by atoms with Gasteiger partial charge in [-0.2, -0.15) is 0 Å². The number of nitrogens with zero attached hydrogens (tertiary/aromatic N) is 1. The van der Waals surface area contributed by atoms with Gasteiger partial charge in [0.15, 0.2) is 10.6 Å². The summed E-state index contributed by atoms with van der Waals surface area (Å²) < 4.78 is 29.5. The van der Waals surface area contributed by atoms with Gasteiger partial charge >= 0.3 is 0 Å². The Kier molecular flexibility index (Phi) is 3.45. The molecule has 2 heterocycles. The van der Waals surface area contributed by atoms with Gasteiger partial charge in [-0.15, -0.1) is 11.3 Å². The topological polar surface area (TPSA) is 20.7 Å². The average molecular weight is 324 g/mol. The largest absolute Gasteiger partial charge is 0.328 e. The first-order chi connectivity index (χ1) is 9.88. The molecule has 0 aliphatic heterocycles. The summed E-state index contributed by atoms with van der Waals surface area (Å²) in [7, 11) is 0. The maximum atomic E-state index is 13.8. The van der Waals surface area contributed by atoms with Crippen molar-refractivity contribution in [2.24, 2.45) is 0 Å². The first-order valence-corrected chi connectivity index (χ1v) is 7.79. The molecule has 0 aliphatic rings. The smallest absolute Gasteiger partial charge is 0.178 e. The fourth-order valence-electron chi connectivity index (χ4n) is 2.47. The van der Waals surface area contributed by atoms with Crippen molar-refractivity contribution in [3.8, 4) is 0 Å². The highest BCUT2D eigenvalue weighted by Gasteiger charge is 2.24. The zero-order valence-corrected chi connectivity index (χ0v) is 13.2. The number of rotatable bonds is 3. The molecule has 6 heteroatoms. The van der Waals surface area contributed by atoms with Crippen LogP contribution in [0.25, 0.3) is 11.0 Å². The summed E-state index contributed by atoms with van der Waals surface area (Å²) in [6.45, 7) is 4.74. The molecule has 3 rings (SSSR count). The fourth-order valence-corrected chi connectivity index (χ4v) is 3.58. The van der Waals surface area contributed by atoms with Crippen LogP contribution >= 0.6 is 23.6 Å². The molecule has 1 N–H and O–H groups in total. The van der Waals surface area contributed by atoms with E-state index in [4.69, 9.17) is 12.2 Å². The van der Waals surface area contributed by atoms with Crippen LogP contribution in [0.3, 0.4) is 0 Å². The molecule has 0 atom stereocenters. The van der Waals surface area contributed by atoms with Crippen LogP contribution in [0.1, 0.15) is 18.7 Å². The maximum absolute atomic E-state index is 13.8. The van der Waals surface area contributed by atoms with Gasteiger partial charge in [0.25, 0.3) is 0 Å². The van der Waals surface area contributed by atoms with Gasteiger partial charge in [0.05, 0.1) is 5.52 Å². The molecule has 1 aromatic carbocycles. The van der Waals surface area contributed by atoms with Gasteiger partial charge in [-0.3, -0.25) is 0 Å². The second-order valence-electron chi connectivity index (χ2n) is 5.66. The van der Waals surface area contributed by atoms with E-state index in [1.165, 1.54) is 10.9 Å². The van der Waals surface area contributed by atoms with Gasteiger partial charge in [-0.25, -0.2) is 8.78 Å². The number of benzene rings is 1. The molecule has 0 bridgehead atoms. The SMILES string of the molecule is CC(C)(Cn1c(=S)[nH]c2c(F)cc(F)cc21)c1cccs1. The zero-order chi connectivity index (χ0) is 15.2. The Morgan fingerprint density at radius 3 is 2.76 bits per heavy atom. The maximum Gasteiger partial charge on any atom is 0.178 e. The fraction of sp³-hybridized carbons (Fsp3) is 0.267. The molecule has 2 aromatic heterocycles. The van der Waals surface area contributed by atoms with Gasteiger partial charge in [0.2, 0.25) is 0 Å². The summed E-state index contributed by atoms with van der Waals surface area (Å²) in [5.41, 5.74) is 0.537. The molecule has 2 nitrogen and oxygen atoms in total. The number of hydrogen-bond donors (Lipinski definition) is 1. The summed E-state index contributed by atoms with van der Waals surface area (Å²) in [5, 5.41) is 2.02. The molecule has 0 aliphatic carbocycles. The molecular formula is C15H14F2N2S2. The number of imidazole rings is 1. The minimum Gasteiger partial charge on any atom is -0.328 e. The summed E-state index contributed by atoms with van der Waals surface area (Å²) in [5.74, 6) is -1.22. The van der Waals surface area contributed by atoms with Crippen molar-refractivity contribution >= 4 is 34.6 Å². The number of thiophene rings is 1. The minimum absolute atomic E-state index is 0.176. The van der Waals surface area contributed by atoms with Crippen LogP contribution in [0, 0.1) is 16.4 Å². The van der Waals surface area contributed by atoms with Gasteiger partial charge in [-0.1, -0.05) is 19.9 Å². The highest BCUT2D eigenvalue weighted by molar-refractivity contribution is 7.71. The second kappa shape index (κ2) is 5.03. The van der Waals surface area contributed by atoms with Crippen molar-refractivity contribution < 1.29 is 8.78 Å². The number of aromatic nitrogens is 2. The highest BCUT2D eigenvalue weighted by Crippen LogP contribution is 2.31. The first-order valence-electron chi connectivity index (χ1n) is 6.50. The Bertz CT molecular complexity index is 845. The molecule has 21 heavy (non-hydrogen) atoms. The van der Waals surface area contributed by atoms with Gasteiger partial charge < -0.3 is 9.55 Å². The third kappa shape index (κ3) is 2.53. The molecule has 0 saturated carbocycles. The van der Waals surface area contributed by atoms with E-state index in [1.807, 2.05) is 11.4 Å². The van der Waals surface area contributed by atoms with Crippen molar-refractivity contribution in [3.63, 3.8) is 0 Å². The van der Waals surface area contributed by atoms with E-state index in [0.29, 0.717) is 16.8 Å². The predicted molar refractivity (Wildman–Crippen MR) is 84.4 cm³/mol. The second-order valence-corrected chi connectivity index (χ2v) is 6.99. The number of hydrogen-bond acceptors (Lipinski definition) is 2. The molecule has 0 spiro atoms. The summed E-state index contributed by atoms with van der Waals surface area (Å²) in [6.07, 6.45) is 0. The van der Waals surface area contributed by atoms with Crippen LogP contribution in [0.15, 0.2) is 29.6 Å². The quantitative estimate of drug-likeness (QED) is 0.671. The normalized spacial score (nSPS) is 12.2. The van der Waals surface area contributed by atoms with E-state index < -0.39 is 11.6 Å². The summed E-state index contributed by atoms with van der Waals surface area (Å²) in [6, 6.07) is 6.23. The van der Waals surface area contributed by atoms with Crippen LogP contribution in [0.5, 0.6) is 0 Å².